The number of nitro groups is 1. The van der Waals surface area contributed by atoms with Gasteiger partial charge in [0.2, 0.25) is 5.91 Å². The van der Waals surface area contributed by atoms with E-state index >= 15 is 0 Å². The molecule has 1 saturated heterocycles. The minimum Gasteiger partial charge on any atom is -0.494 e. The number of aryl methyl sites for hydroxylation is 2. The summed E-state index contributed by atoms with van der Waals surface area (Å²) in [5, 5.41) is 23.1. The molecule has 0 unspecified atom stereocenters. The van der Waals surface area contributed by atoms with E-state index in [4.69, 9.17) is 4.99 Å². The summed E-state index contributed by atoms with van der Waals surface area (Å²) in [6, 6.07) is 20.1. The third kappa shape index (κ3) is 6.10. The first-order valence-electron chi connectivity index (χ1n) is 15.0. The lowest BCUT2D eigenvalue weighted by Crippen LogP contribution is -2.36. The van der Waals surface area contributed by atoms with Crippen molar-refractivity contribution in [2.24, 2.45) is 4.99 Å². The largest absolute Gasteiger partial charge is 0.494 e. The summed E-state index contributed by atoms with van der Waals surface area (Å²) in [7, 11) is 0. The quantitative estimate of drug-likeness (QED) is 0.0927. The summed E-state index contributed by atoms with van der Waals surface area (Å²) in [5.74, 6) is 1.04. The van der Waals surface area contributed by atoms with Gasteiger partial charge in [0.05, 0.1) is 33.8 Å². The van der Waals surface area contributed by atoms with Crippen LogP contribution in [0.3, 0.4) is 0 Å². The van der Waals surface area contributed by atoms with E-state index in [0.29, 0.717) is 34.3 Å². The Bertz CT molecular complexity index is 1840. The second kappa shape index (κ2) is 12.5. The van der Waals surface area contributed by atoms with Crippen LogP contribution in [0.5, 0.6) is 5.88 Å². The van der Waals surface area contributed by atoms with E-state index in [-0.39, 0.29) is 17.5 Å². The molecule has 0 spiro atoms. The number of aliphatic imine (C=N–C) groups is 1. The second-order valence-corrected chi connectivity index (χ2v) is 11.1. The van der Waals surface area contributed by atoms with Crippen LogP contribution in [0.15, 0.2) is 77.9 Å². The van der Waals surface area contributed by atoms with Gasteiger partial charge in [-0.3, -0.25) is 14.9 Å². The van der Waals surface area contributed by atoms with Crippen molar-refractivity contribution >= 4 is 33.9 Å². The molecule has 0 aliphatic carbocycles. The molecule has 5 aromatic rings. The van der Waals surface area contributed by atoms with E-state index in [1.165, 1.54) is 12.1 Å². The van der Waals surface area contributed by atoms with Gasteiger partial charge in [-0.15, -0.1) is 0 Å². The molecule has 0 bridgehead atoms. The number of hydrogen-bond donors (Lipinski definition) is 3. The maximum atomic E-state index is 12.2. The van der Waals surface area contributed by atoms with Gasteiger partial charge in [-0.2, -0.15) is 0 Å². The molecular weight excluding hydrogens is 556 g/mol. The second-order valence-electron chi connectivity index (χ2n) is 11.1. The van der Waals surface area contributed by atoms with Gasteiger partial charge in [0.25, 0.3) is 5.69 Å². The molecule has 6 rings (SSSR count). The number of rotatable bonds is 10. The van der Waals surface area contributed by atoms with Gasteiger partial charge >= 0.3 is 0 Å². The number of imidazole rings is 1. The van der Waals surface area contributed by atoms with Crippen LogP contribution < -0.4 is 0 Å². The highest BCUT2D eigenvalue weighted by molar-refractivity contribution is 6.22. The fourth-order valence-electron chi connectivity index (χ4n) is 5.72. The summed E-state index contributed by atoms with van der Waals surface area (Å²) in [5.41, 5.74) is 5.81. The zero-order valence-electron chi connectivity index (χ0n) is 24.5. The van der Waals surface area contributed by atoms with Crippen molar-refractivity contribution in [1.82, 2.24) is 19.9 Å². The highest BCUT2D eigenvalue weighted by Gasteiger charge is 2.21. The van der Waals surface area contributed by atoms with E-state index in [1.807, 2.05) is 66.6 Å². The lowest BCUT2D eigenvalue weighted by atomic mass is 9.98. The molecule has 3 heterocycles. The Hall–Kier alpha value is -5.25. The third-order valence-corrected chi connectivity index (χ3v) is 8.13. The van der Waals surface area contributed by atoms with Gasteiger partial charge in [0.1, 0.15) is 5.82 Å². The third-order valence-electron chi connectivity index (χ3n) is 8.13. The number of hydrogen-bond acceptors (Lipinski definition) is 6. The van der Waals surface area contributed by atoms with Gasteiger partial charge in [0, 0.05) is 54.5 Å². The van der Waals surface area contributed by atoms with Crippen LogP contribution in [-0.2, 0) is 17.6 Å². The number of nitrogens with one attached hydrogen (secondary N) is 2. The van der Waals surface area contributed by atoms with Gasteiger partial charge < -0.3 is 20.0 Å². The van der Waals surface area contributed by atoms with E-state index < -0.39 is 4.92 Å². The molecule has 1 amide bonds. The Labute approximate surface area is 254 Å². The Balaban J connectivity index is 1.33. The van der Waals surface area contributed by atoms with Crippen LogP contribution in [0.1, 0.15) is 55.1 Å². The van der Waals surface area contributed by atoms with Crippen LogP contribution in [-0.4, -0.2) is 54.6 Å². The zero-order valence-corrected chi connectivity index (χ0v) is 24.5. The van der Waals surface area contributed by atoms with Crippen LogP contribution in [0.4, 0.5) is 11.4 Å². The topological polar surface area (TPSA) is 141 Å². The molecule has 1 aliphatic heterocycles. The summed E-state index contributed by atoms with van der Waals surface area (Å²) < 4.78 is 0. The van der Waals surface area contributed by atoms with Gasteiger partial charge in [-0.1, -0.05) is 43.3 Å². The number of aromatic nitrogens is 3. The van der Waals surface area contributed by atoms with Crippen molar-refractivity contribution in [2.45, 2.75) is 45.4 Å². The molecule has 1 aliphatic rings. The van der Waals surface area contributed by atoms with Crippen molar-refractivity contribution in [1.29, 1.82) is 0 Å². The number of aromatic amines is 2. The number of carbonyl (C=O) groups is 1. The molecule has 10 heteroatoms. The zero-order chi connectivity index (χ0) is 30.6. The molecule has 10 nitrogen and oxygen atoms in total. The van der Waals surface area contributed by atoms with Crippen LogP contribution in [0.2, 0.25) is 0 Å². The van der Waals surface area contributed by atoms with E-state index in [2.05, 4.69) is 15.0 Å². The van der Waals surface area contributed by atoms with Crippen molar-refractivity contribution in [2.75, 3.05) is 13.1 Å². The summed E-state index contributed by atoms with van der Waals surface area (Å²) in [4.78, 5) is 40.9. The molecule has 44 heavy (non-hydrogen) atoms. The number of H-pyrrole nitrogens is 2. The van der Waals surface area contributed by atoms with E-state index in [9.17, 15) is 20.0 Å². The lowest BCUT2D eigenvalue weighted by molar-refractivity contribution is -0.384. The fourth-order valence-corrected chi connectivity index (χ4v) is 5.72. The first-order valence-corrected chi connectivity index (χ1v) is 15.0. The van der Waals surface area contributed by atoms with Crippen molar-refractivity contribution < 1.29 is 14.8 Å². The summed E-state index contributed by atoms with van der Waals surface area (Å²) in [6.07, 6.45) is 7.02. The van der Waals surface area contributed by atoms with Gasteiger partial charge in [-0.25, -0.2) is 9.98 Å². The first-order chi connectivity index (χ1) is 21.4. The molecule has 2 aromatic heterocycles. The highest BCUT2D eigenvalue weighted by atomic mass is 16.6. The van der Waals surface area contributed by atoms with Crippen molar-refractivity contribution in [3.05, 3.63) is 106 Å². The van der Waals surface area contributed by atoms with Crippen LogP contribution in [0, 0.1) is 10.1 Å². The molecule has 1 fully saturated rings. The Morgan fingerprint density at radius 3 is 2.57 bits per heavy atom. The predicted molar refractivity (Wildman–Crippen MR) is 171 cm³/mol. The Morgan fingerprint density at radius 1 is 1.07 bits per heavy atom. The number of carbonyl (C=O) groups excluding carboxylic acids is 1. The molecule has 0 saturated carbocycles. The number of amides is 1. The number of nitrogens with zero attached hydrogens (tertiary/aromatic N) is 4. The number of non-ortho nitro benzene ring substituents is 1. The van der Waals surface area contributed by atoms with Gasteiger partial charge in [-0.05, 0) is 55.0 Å². The van der Waals surface area contributed by atoms with E-state index in [1.54, 1.807) is 6.07 Å². The summed E-state index contributed by atoms with van der Waals surface area (Å²) in [6.45, 7) is 3.64. The number of likely N-dealkylation sites (tertiary alicyclic amines) is 1. The molecule has 3 N–H and O–H groups in total. The molecule has 0 atom stereocenters. The number of nitro benzene ring substituents is 1. The number of aromatic hydroxyl groups is 1. The van der Waals surface area contributed by atoms with E-state index in [0.717, 1.165) is 73.4 Å². The normalized spacial score (nSPS) is 14.0. The SMILES string of the molecule is CCc1ncc(-c2ccc(N=C(c3ccc(CCCN4CCCCC4=O)cc3)c3c(O)[nH]c4ccc([N+](=O)[O-])cc34)cc2)[nH]1. The summed E-state index contributed by atoms with van der Waals surface area (Å²) >= 11 is 0. The minimum absolute atomic E-state index is 0.0741. The molecular formula is C34H34N6O4. The van der Waals surface area contributed by atoms with Crippen molar-refractivity contribution in [3.8, 4) is 17.1 Å². The first kappa shape index (κ1) is 28.9. The molecule has 0 radical (unpaired) electrons. The fraction of sp³-hybridized carbons (Fsp3) is 0.265. The average Bonchev–Trinajstić information content (AvgIpc) is 3.65. The maximum absolute atomic E-state index is 12.2. The highest BCUT2D eigenvalue weighted by Crippen LogP contribution is 2.34. The predicted octanol–water partition coefficient (Wildman–Crippen LogP) is 6.85. The standard InChI is InChI=1S/C34H34N6O4/c1-2-30-35-21-29(37-30)23-12-14-25(15-13-23)36-33(32-27-20-26(40(43)44)16-17-28(27)38-34(32)42)24-10-8-22(9-11-24)6-5-19-39-18-4-3-7-31(39)41/h8-17,20-21,38,42H,2-7,18-19H2,1H3,(H,35,37). The Kier molecular flexibility index (Phi) is 8.23. The average molecular weight is 591 g/mol. The maximum Gasteiger partial charge on any atom is 0.270 e. The smallest absolute Gasteiger partial charge is 0.270 e. The van der Waals surface area contributed by atoms with Crippen LogP contribution >= 0.6 is 0 Å². The molecule has 3 aromatic carbocycles. The van der Waals surface area contributed by atoms with Crippen molar-refractivity contribution in [3.63, 3.8) is 0 Å². The lowest BCUT2D eigenvalue weighted by Gasteiger charge is -2.26. The number of benzene rings is 3. The van der Waals surface area contributed by atoms with Gasteiger partial charge in [0.15, 0.2) is 5.88 Å². The monoisotopic (exact) mass is 590 g/mol. The number of piperidine rings is 1. The van der Waals surface area contributed by atoms with Crippen LogP contribution in [0.25, 0.3) is 22.2 Å². The minimum atomic E-state index is -0.450. The Morgan fingerprint density at radius 2 is 1.86 bits per heavy atom. The number of fused-ring (bicyclic) bond motifs is 1. The molecule has 224 valence electrons.